The molecule has 1 aliphatic heterocycles. The summed E-state index contributed by atoms with van der Waals surface area (Å²) in [5.41, 5.74) is 1.32. The first-order valence-electron chi connectivity index (χ1n) is 10.6. The van der Waals surface area contributed by atoms with E-state index in [1.54, 1.807) is 30.0 Å². The Morgan fingerprint density at radius 3 is 2.91 bits per heavy atom. The summed E-state index contributed by atoms with van der Waals surface area (Å²) in [5.74, 6) is -0.230. The van der Waals surface area contributed by atoms with E-state index in [1.165, 1.54) is 18.2 Å². The highest BCUT2D eigenvalue weighted by Gasteiger charge is 2.28. The van der Waals surface area contributed by atoms with Crippen molar-refractivity contribution < 1.29 is 18.3 Å². The largest absolute Gasteiger partial charge is 0.451 e. The average molecular weight is 435 g/mol. The van der Waals surface area contributed by atoms with Crippen LogP contribution in [0.5, 0.6) is 0 Å². The summed E-state index contributed by atoms with van der Waals surface area (Å²) < 4.78 is 25.3. The Kier molecular flexibility index (Phi) is 5.22. The molecule has 2 aromatic carbocycles. The summed E-state index contributed by atoms with van der Waals surface area (Å²) in [5, 5.41) is 1.05. The number of hydrogen-bond donors (Lipinski definition) is 1. The topological polar surface area (TPSA) is 88.4 Å². The normalized spacial score (nSPS) is 16.1. The first-order chi connectivity index (χ1) is 15.5. The van der Waals surface area contributed by atoms with Crippen LogP contribution >= 0.6 is 0 Å². The van der Waals surface area contributed by atoms with Gasteiger partial charge >= 0.3 is 0 Å². The van der Waals surface area contributed by atoms with E-state index in [1.807, 2.05) is 6.07 Å². The molecular formula is C24H22FN3O4. The van der Waals surface area contributed by atoms with Crippen LogP contribution in [0.1, 0.15) is 34.8 Å². The van der Waals surface area contributed by atoms with Crippen LogP contribution in [0.25, 0.3) is 21.9 Å². The Hall–Kier alpha value is -3.52. The van der Waals surface area contributed by atoms with Gasteiger partial charge in [0.05, 0.1) is 23.6 Å². The Morgan fingerprint density at radius 1 is 1.25 bits per heavy atom. The lowest BCUT2D eigenvalue weighted by Crippen LogP contribution is -2.38. The number of carbonyl (C=O) groups is 1. The number of nitrogens with one attached hydrogen (secondary N) is 1. The highest BCUT2D eigenvalue weighted by molar-refractivity contribution is 5.99. The second-order valence-corrected chi connectivity index (χ2v) is 8.05. The number of aromatic nitrogens is 2. The molecule has 1 atom stereocenters. The molecule has 0 aliphatic carbocycles. The zero-order chi connectivity index (χ0) is 22.2. The van der Waals surface area contributed by atoms with E-state index in [0.29, 0.717) is 46.4 Å². The van der Waals surface area contributed by atoms with Crippen LogP contribution < -0.4 is 5.56 Å². The lowest BCUT2D eigenvalue weighted by molar-refractivity contribution is 0.0479. The summed E-state index contributed by atoms with van der Waals surface area (Å²) in [6.07, 6.45) is 1.67. The molecule has 1 saturated heterocycles. The molecule has 0 bridgehead atoms. The Bertz CT molecular complexity index is 1370. The zero-order valence-electron chi connectivity index (χ0n) is 17.6. The summed E-state index contributed by atoms with van der Waals surface area (Å²) in [7, 11) is 0. The number of nitrogens with zero attached hydrogens (tertiary/aromatic N) is 2. The lowest BCUT2D eigenvalue weighted by atomic mass is 10.1. The molecule has 1 amide bonds. The van der Waals surface area contributed by atoms with Crippen molar-refractivity contribution in [1.82, 2.24) is 14.9 Å². The van der Waals surface area contributed by atoms with Gasteiger partial charge in [0.1, 0.15) is 17.2 Å². The molecule has 5 rings (SSSR count). The molecule has 2 aromatic heterocycles. The predicted molar refractivity (Wildman–Crippen MR) is 117 cm³/mol. The van der Waals surface area contributed by atoms with Gasteiger partial charge in [-0.3, -0.25) is 9.59 Å². The first kappa shape index (κ1) is 20.4. The van der Waals surface area contributed by atoms with Gasteiger partial charge in [-0.25, -0.2) is 9.37 Å². The fraction of sp³-hybridized carbons (Fsp3) is 0.292. The molecule has 7 nitrogen and oxygen atoms in total. The van der Waals surface area contributed by atoms with E-state index >= 15 is 0 Å². The van der Waals surface area contributed by atoms with E-state index in [2.05, 4.69) is 9.97 Å². The second kappa shape index (κ2) is 8.20. The highest BCUT2D eigenvalue weighted by Crippen LogP contribution is 2.28. The average Bonchev–Trinajstić information content (AvgIpc) is 3.41. The molecule has 1 aliphatic rings. The summed E-state index contributed by atoms with van der Waals surface area (Å²) in [6.45, 7) is 2.81. The quantitative estimate of drug-likeness (QED) is 0.513. The fourth-order valence-electron chi connectivity index (χ4n) is 4.18. The van der Waals surface area contributed by atoms with Crippen LogP contribution in [0.15, 0.2) is 51.7 Å². The number of amides is 1. The number of carbonyl (C=O) groups excluding carboxylic acids is 1. The molecule has 1 unspecified atom stereocenters. The van der Waals surface area contributed by atoms with E-state index in [0.717, 1.165) is 12.8 Å². The molecule has 0 saturated carbocycles. The van der Waals surface area contributed by atoms with Gasteiger partial charge < -0.3 is 19.0 Å². The van der Waals surface area contributed by atoms with Crippen molar-refractivity contribution in [1.29, 1.82) is 0 Å². The van der Waals surface area contributed by atoms with Gasteiger partial charge in [0.25, 0.3) is 11.5 Å². The molecule has 8 heteroatoms. The van der Waals surface area contributed by atoms with Gasteiger partial charge in [-0.2, -0.15) is 0 Å². The number of aryl methyl sites for hydroxylation is 1. The number of para-hydroxylation sites is 1. The third-order valence-corrected chi connectivity index (χ3v) is 5.83. The maximum Gasteiger partial charge on any atom is 0.290 e. The molecule has 0 radical (unpaired) electrons. The SMILES string of the molecule is Cc1c(C(=O)N(Cc2nc3ccccc3c(=O)[nH]2)CC2CCCO2)oc2ccc(F)cc12. The number of hydrogen-bond acceptors (Lipinski definition) is 5. The third-order valence-electron chi connectivity index (χ3n) is 5.83. The van der Waals surface area contributed by atoms with Gasteiger partial charge in [-0.05, 0) is 50.1 Å². The Morgan fingerprint density at radius 2 is 2.09 bits per heavy atom. The van der Waals surface area contributed by atoms with Crippen molar-refractivity contribution in [3.63, 3.8) is 0 Å². The smallest absolute Gasteiger partial charge is 0.290 e. The third kappa shape index (κ3) is 3.78. The number of benzene rings is 2. The van der Waals surface area contributed by atoms with Gasteiger partial charge in [0, 0.05) is 24.1 Å². The molecule has 4 aromatic rings. The van der Waals surface area contributed by atoms with Crippen molar-refractivity contribution in [3.8, 4) is 0 Å². The molecule has 164 valence electrons. The highest BCUT2D eigenvalue weighted by atomic mass is 19.1. The number of ether oxygens (including phenoxy) is 1. The number of fused-ring (bicyclic) bond motifs is 2. The molecule has 1 N–H and O–H groups in total. The lowest BCUT2D eigenvalue weighted by Gasteiger charge is -2.24. The van der Waals surface area contributed by atoms with E-state index in [9.17, 15) is 14.0 Å². The van der Waals surface area contributed by atoms with Gasteiger partial charge in [-0.1, -0.05) is 12.1 Å². The summed E-state index contributed by atoms with van der Waals surface area (Å²) in [6, 6.07) is 11.2. The molecular weight excluding hydrogens is 413 g/mol. The van der Waals surface area contributed by atoms with Crippen LogP contribution in [0.4, 0.5) is 4.39 Å². The fourth-order valence-corrected chi connectivity index (χ4v) is 4.18. The minimum Gasteiger partial charge on any atom is -0.451 e. The van der Waals surface area contributed by atoms with Crippen molar-refractivity contribution in [2.45, 2.75) is 32.4 Å². The molecule has 1 fully saturated rings. The van der Waals surface area contributed by atoms with Crippen molar-refractivity contribution in [2.75, 3.05) is 13.2 Å². The molecule has 32 heavy (non-hydrogen) atoms. The zero-order valence-corrected chi connectivity index (χ0v) is 17.6. The second-order valence-electron chi connectivity index (χ2n) is 8.05. The van der Waals surface area contributed by atoms with Crippen LogP contribution in [-0.2, 0) is 11.3 Å². The van der Waals surface area contributed by atoms with E-state index in [-0.39, 0.29) is 29.9 Å². The number of halogens is 1. The monoisotopic (exact) mass is 435 g/mol. The van der Waals surface area contributed by atoms with E-state index in [4.69, 9.17) is 9.15 Å². The van der Waals surface area contributed by atoms with Crippen LogP contribution in [0.3, 0.4) is 0 Å². The molecule has 0 spiro atoms. The Labute approximate surface area is 182 Å². The van der Waals surface area contributed by atoms with Crippen molar-refractivity contribution >= 4 is 27.8 Å². The maximum absolute atomic E-state index is 13.7. The van der Waals surface area contributed by atoms with Gasteiger partial charge in [0.2, 0.25) is 0 Å². The van der Waals surface area contributed by atoms with Crippen LogP contribution in [-0.4, -0.2) is 40.0 Å². The number of rotatable bonds is 5. The van der Waals surface area contributed by atoms with Crippen molar-refractivity contribution in [3.05, 3.63) is 75.8 Å². The minimum absolute atomic E-state index is 0.0869. The molecule has 3 heterocycles. The van der Waals surface area contributed by atoms with Gasteiger partial charge in [0.15, 0.2) is 5.76 Å². The Balaban J connectivity index is 1.51. The van der Waals surface area contributed by atoms with Crippen molar-refractivity contribution in [2.24, 2.45) is 0 Å². The number of furan rings is 1. The standard InChI is InChI=1S/C24H22FN3O4/c1-14-18-11-15(25)8-9-20(18)32-22(14)24(30)28(12-16-5-4-10-31-16)13-21-26-19-7-3-2-6-17(19)23(29)27-21/h2-3,6-9,11,16H,4-5,10,12-13H2,1H3,(H,26,27,29). The number of aromatic amines is 1. The first-order valence-corrected chi connectivity index (χ1v) is 10.6. The predicted octanol–water partition coefficient (Wildman–Crippen LogP) is 3.94. The van der Waals surface area contributed by atoms with Crippen LogP contribution in [0.2, 0.25) is 0 Å². The summed E-state index contributed by atoms with van der Waals surface area (Å²) >= 11 is 0. The minimum atomic E-state index is -0.394. The maximum atomic E-state index is 13.7. The van der Waals surface area contributed by atoms with Gasteiger partial charge in [-0.15, -0.1) is 0 Å². The van der Waals surface area contributed by atoms with E-state index < -0.39 is 5.82 Å². The summed E-state index contributed by atoms with van der Waals surface area (Å²) in [4.78, 5) is 34.9. The van der Waals surface area contributed by atoms with Crippen LogP contribution in [0, 0.1) is 12.7 Å². The number of H-pyrrole nitrogens is 1.